The van der Waals surface area contributed by atoms with Crippen LogP contribution in [0.3, 0.4) is 0 Å². The topological polar surface area (TPSA) is 85.0 Å². The molecule has 5 rings (SSSR count). The van der Waals surface area contributed by atoms with Crippen LogP contribution in [0.2, 0.25) is 0 Å². The Balaban J connectivity index is 1.52. The number of pyridine rings is 1. The zero-order valence-electron chi connectivity index (χ0n) is 18.7. The Kier molecular flexibility index (Phi) is 5.69. The lowest BCUT2D eigenvalue weighted by atomic mass is 9.90. The van der Waals surface area contributed by atoms with Crippen LogP contribution in [0.25, 0.3) is 22.8 Å². The van der Waals surface area contributed by atoms with Crippen LogP contribution in [0.15, 0.2) is 65.4 Å². The summed E-state index contributed by atoms with van der Waals surface area (Å²) in [4.78, 5) is 29.1. The van der Waals surface area contributed by atoms with Gasteiger partial charge in [0.05, 0.1) is 17.0 Å². The zero-order valence-corrected chi connectivity index (χ0v) is 18.7. The average Bonchev–Trinajstić information content (AvgIpc) is 3.30. The van der Waals surface area contributed by atoms with Crippen LogP contribution in [-0.2, 0) is 0 Å². The van der Waals surface area contributed by atoms with Crippen molar-refractivity contribution in [3.05, 3.63) is 83.4 Å². The van der Waals surface area contributed by atoms with Gasteiger partial charge in [0.2, 0.25) is 0 Å². The van der Waals surface area contributed by atoms with Gasteiger partial charge in [0, 0.05) is 43.0 Å². The van der Waals surface area contributed by atoms with Crippen LogP contribution in [0.4, 0.5) is 0 Å². The van der Waals surface area contributed by atoms with Crippen LogP contribution in [-0.4, -0.2) is 44.0 Å². The molecule has 1 unspecified atom stereocenters. The number of benzene rings is 1. The first-order valence-corrected chi connectivity index (χ1v) is 11.2. The van der Waals surface area contributed by atoms with Crippen molar-refractivity contribution >= 4 is 5.91 Å². The predicted molar refractivity (Wildman–Crippen MR) is 125 cm³/mol. The molecule has 1 saturated heterocycles. The fourth-order valence-corrected chi connectivity index (χ4v) is 4.37. The van der Waals surface area contributed by atoms with Crippen molar-refractivity contribution in [1.82, 2.24) is 25.0 Å². The molecule has 7 nitrogen and oxygen atoms in total. The molecule has 0 aliphatic carbocycles. The molecule has 33 heavy (non-hydrogen) atoms. The second kappa shape index (κ2) is 8.94. The van der Waals surface area contributed by atoms with E-state index in [0.29, 0.717) is 23.8 Å². The summed E-state index contributed by atoms with van der Waals surface area (Å²) in [5.74, 6) is 1.32. The molecular weight excluding hydrogens is 414 g/mol. The quantitative estimate of drug-likeness (QED) is 0.453. The minimum atomic E-state index is 0.0533. The summed E-state index contributed by atoms with van der Waals surface area (Å²) < 4.78 is 5.56. The molecule has 3 aromatic heterocycles. The van der Waals surface area contributed by atoms with Gasteiger partial charge in [0.15, 0.2) is 11.6 Å². The van der Waals surface area contributed by atoms with Gasteiger partial charge in [-0.25, -0.2) is 9.97 Å². The summed E-state index contributed by atoms with van der Waals surface area (Å²) in [7, 11) is 0. The van der Waals surface area contributed by atoms with Crippen molar-refractivity contribution in [3.63, 3.8) is 0 Å². The van der Waals surface area contributed by atoms with Crippen LogP contribution in [0.1, 0.15) is 46.1 Å². The molecule has 1 aliphatic rings. The summed E-state index contributed by atoms with van der Waals surface area (Å²) in [6.45, 7) is 5.19. The number of hydrogen-bond acceptors (Lipinski definition) is 6. The van der Waals surface area contributed by atoms with Crippen molar-refractivity contribution in [2.45, 2.75) is 32.6 Å². The van der Waals surface area contributed by atoms with E-state index in [1.807, 2.05) is 67.3 Å². The van der Waals surface area contributed by atoms with E-state index in [9.17, 15) is 4.79 Å². The Hall–Kier alpha value is -3.87. The van der Waals surface area contributed by atoms with Crippen LogP contribution >= 0.6 is 0 Å². The number of aryl methyl sites for hydroxylation is 2. The molecule has 0 spiro atoms. The Morgan fingerprint density at radius 3 is 2.70 bits per heavy atom. The molecule has 1 atom stereocenters. The van der Waals surface area contributed by atoms with E-state index < -0.39 is 0 Å². The second-order valence-electron chi connectivity index (χ2n) is 8.45. The highest BCUT2D eigenvalue weighted by Gasteiger charge is 2.30. The predicted octanol–water partition coefficient (Wildman–Crippen LogP) is 4.83. The normalized spacial score (nSPS) is 16.1. The molecule has 0 bridgehead atoms. The molecule has 166 valence electrons. The van der Waals surface area contributed by atoms with Gasteiger partial charge in [0.1, 0.15) is 5.69 Å². The molecule has 4 heterocycles. The van der Waals surface area contributed by atoms with Gasteiger partial charge in [-0.2, -0.15) is 0 Å². The number of likely N-dealkylation sites (tertiary alicyclic amines) is 1. The fourth-order valence-electron chi connectivity index (χ4n) is 4.37. The Morgan fingerprint density at radius 2 is 1.94 bits per heavy atom. The van der Waals surface area contributed by atoms with Crippen LogP contribution < -0.4 is 0 Å². The van der Waals surface area contributed by atoms with Crippen LogP contribution in [0, 0.1) is 13.8 Å². The standard InChI is InChI=1S/C26H25N5O2/c1-17-8-3-4-10-20(17)26(32)31-13-7-9-19(16-31)24-21(23-14-18(2)30-33-23)15-28-25(29-24)22-11-5-6-12-27-22/h3-6,8,10-12,14-15,19H,7,9,13,16H2,1-2H3. The molecule has 7 heteroatoms. The van der Waals surface area contributed by atoms with E-state index in [4.69, 9.17) is 9.51 Å². The van der Waals surface area contributed by atoms with Gasteiger partial charge in [-0.1, -0.05) is 29.4 Å². The summed E-state index contributed by atoms with van der Waals surface area (Å²) in [6, 6.07) is 15.3. The number of hydrogen-bond donors (Lipinski definition) is 0. The lowest BCUT2D eigenvalue weighted by Crippen LogP contribution is -2.39. The molecule has 0 saturated carbocycles. The first-order valence-electron chi connectivity index (χ1n) is 11.2. The van der Waals surface area contributed by atoms with E-state index in [2.05, 4.69) is 15.1 Å². The maximum absolute atomic E-state index is 13.3. The van der Waals surface area contributed by atoms with Gasteiger partial charge in [-0.15, -0.1) is 0 Å². The molecule has 1 aliphatic heterocycles. The largest absolute Gasteiger partial charge is 0.356 e. The van der Waals surface area contributed by atoms with Crippen molar-refractivity contribution < 1.29 is 9.32 Å². The number of piperidine rings is 1. The highest BCUT2D eigenvalue weighted by atomic mass is 16.5. The summed E-state index contributed by atoms with van der Waals surface area (Å²) in [5.41, 5.74) is 4.92. The van der Waals surface area contributed by atoms with Crippen molar-refractivity contribution in [2.75, 3.05) is 13.1 Å². The smallest absolute Gasteiger partial charge is 0.254 e. The second-order valence-corrected chi connectivity index (χ2v) is 8.45. The third kappa shape index (κ3) is 4.26. The third-order valence-electron chi connectivity index (χ3n) is 6.08. The maximum atomic E-state index is 13.3. The Morgan fingerprint density at radius 1 is 1.09 bits per heavy atom. The molecule has 0 radical (unpaired) electrons. The first-order chi connectivity index (χ1) is 16.1. The Bertz CT molecular complexity index is 1280. The molecular formula is C26H25N5O2. The number of carbonyl (C=O) groups excluding carboxylic acids is 1. The van der Waals surface area contributed by atoms with Gasteiger partial charge in [0.25, 0.3) is 5.91 Å². The summed E-state index contributed by atoms with van der Waals surface area (Å²) >= 11 is 0. The van der Waals surface area contributed by atoms with E-state index >= 15 is 0 Å². The Labute approximate surface area is 192 Å². The lowest BCUT2D eigenvalue weighted by molar-refractivity contribution is 0.0705. The van der Waals surface area contributed by atoms with Crippen LogP contribution in [0.5, 0.6) is 0 Å². The highest BCUT2D eigenvalue weighted by molar-refractivity contribution is 5.95. The SMILES string of the molecule is Cc1cc(-c2cnc(-c3ccccn3)nc2C2CCCN(C(=O)c3ccccc3C)C2)on1. The van der Waals surface area contributed by atoms with Crippen molar-refractivity contribution in [1.29, 1.82) is 0 Å². The number of amides is 1. The van der Waals surface area contributed by atoms with Crippen molar-refractivity contribution in [3.8, 4) is 22.8 Å². The fraction of sp³-hybridized carbons (Fsp3) is 0.269. The maximum Gasteiger partial charge on any atom is 0.254 e. The minimum absolute atomic E-state index is 0.0533. The van der Waals surface area contributed by atoms with E-state index in [1.165, 1.54) is 0 Å². The van der Waals surface area contributed by atoms with Gasteiger partial charge >= 0.3 is 0 Å². The number of carbonyl (C=O) groups is 1. The zero-order chi connectivity index (χ0) is 22.8. The van der Waals surface area contributed by atoms with Crippen molar-refractivity contribution in [2.24, 2.45) is 0 Å². The molecule has 1 aromatic carbocycles. The van der Waals surface area contributed by atoms with E-state index in [1.54, 1.807) is 12.4 Å². The highest BCUT2D eigenvalue weighted by Crippen LogP contribution is 2.35. The van der Waals surface area contributed by atoms with Gasteiger partial charge in [-0.05, 0) is 50.5 Å². The number of aromatic nitrogens is 4. The summed E-state index contributed by atoms with van der Waals surface area (Å²) in [6.07, 6.45) is 5.35. The third-order valence-corrected chi connectivity index (χ3v) is 6.08. The van der Waals surface area contributed by atoms with E-state index in [-0.39, 0.29) is 11.8 Å². The first kappa shape index (κ1) is 21.0. The number of nitrogens with zero attached hydrogens (tertiary/aromatic N) is 5. The van der Waals surface area contributed by atoms with E-state index in [0.717, 1.165) is 47.5 Å². The summed E-state index contributed by atoms with van der Waals surface area (Å²) in [5, 5.41) is 4.04. The molecule has 1 fully saturated rings. The van der Waals surface area contributed by atoms with Gasteiger partial charge < -0.3 is 9.42 Å². The monoisotopic (exact) mass is 439 g/mol. The number of rotatable bonds is 4. The molecule has 0 N–H and O–H groups in total. The average molecular weight is 440 g/mol. The lowest BCUT2D eigenvalue weighted by Gasteiger charge is -2.33. The van der Waals surface area contributed by atoms with Gasteiger partial charge in [-0.3, -0.25) is 9.78 Å². The molecule has 4 aromatic rings. The minimum Gasteiger partial charge on any atom is -0.356 e. The molecule has 1 amide bonds.